The maximum Gasteiger partial charge on any atom is 0.258 e. The first kappa shape index (κ1) is 15.7. The van der Waals surface area contributed by atoms with Crippen LogP contribution < -0.4 is 5.56 Å². The molecule has 4 heteroatoms. The Morgan fingerprint density at radius 3 is 2.62 bits per heavy atom. The number of nitrogens with zero attached hydrogens (tertiary/aromatic N) is 3. The summed E-state index contributed by atoms with van der Waals surface area (Å²) in [4.78, 5) is 19.2. The van der Waals surface area contributed by atoms with Gasteiger partial charge in [-0.25, -0.2) is 4.98 Å². The Hall–Kier alpha value is -1.68. The molecule has 21 heavy (non-hydrogen) atoms. The predicted molar refractivity (Wildman–Crippen MR) is 86.6 cm³/mol. The van der Waals surface area contributed by atoms with Gasteiger partial charge in [-0.3, -0.25) is 14.1 Å². The van der Waals surface area contributed by atoms with Crippen molar-refractivity contribution in [2.45, 2.75) is 47.2 Å². The molecule has 4 nitrogen and oxygen atoms in total. The molecule has 0 saturated heterocycles. The van der Waals surface area contributed by atoms with E-state index in [0.717, 1.165) is 30.0 Å². The van der Waals surface area contributed by atoms with Crippen LogP contribution in [0, 0.1) is 12.8 Å². The van der Waals surface area contributed by atoms with Crippen LogP contribution in [0.15, 0.2) is 29.2 Å². The number of fused-ring (bicyclic) bond motifs is 1. The standard InChI is InChI=1S/C17H25N3O/c1-6-19(14(5)12(2)3)11-15-9-17(21)20-10-13(4)7-8-16(20)18-15/h7-10,12,14H,6,11H2,1-5H3. The Kier molecular flexibility index (Phi) is 4.78. The summed E-state index contributed by atoms with van der Waals surface area (Å²) in [6.45, 7) is 12.5. The van der Waals surface area contributed by atoms with Gasteiger partial charge in [-0.2, -0.15) is 0 Å². The van der Waals surface area contributed by atoms with Crippen LogP contribution in [0.4, 0.5) is 0 Å². The third-order valence-electron chi connectivity index (χ3n) is 4.17. The highest BCUT2D eigenvalue weighted by Crippen LogP contribution is 2.13. The molecule has 0 aliphatic carbocycles. The van der Waals surface area contributed by atoms with Gasteiger partial charge in [0.2, 0.25) is 0 Å². The van der Waals surface area contributed by atoms with Crippen molar-refractivity contribution in [3.63, 3.8) is 0 Å². The van der Waals surface area contributed by atoms with Crippen molar-refractivity contribution < 1.29 is 0 Å². The Balaban J connectivity index is 2.34. The Bertz CT molecular complexity index is 675. The second-order valence-electron chi connectivity index (χ2n) is 6.07. The van der Waals surface area contributed by atoms with Gasteiger partial charge in [0.1, 0.15) is 5.65 Å². The lowest BCUT2D eigenvalue weighted by Gasteiger charge is -2.30. The molecule has 0 spiro atoms. The third kappa shape index (κ3) is 3.50. The van der Waals surface area contributed by atoms with E-state index in [1.54, 1.807) is 10.5 Å². The van der Waals surface area contributed by atoms with Crippen molar-refractivity contribution in [2.24, 2.45) is 5.92 Å². The monoisotopic (exact) mass is 287 g/mol. The van der Waals surface area contributed by atoms with E-state index >= 15 is 0 Å². The van der Waals surface area contributed by atoms with Crippen LogP contribution in [0.1, 0.15) is 39.0 Å². The molecule has 1 atom stereocenters. The molecule has 0 fully saturated rings. The Morgan fingerprint density at radius 1 is 1.29 bits per heavy atom. The summed E-state index contributed by atoms with van der Waals surface area (Å²) in [5, 5.41) is 0. The molecular formula is C17H25N3O. The molecule has 0 saturated carbocycles. The molecule has 2 rings (SSSR count). The summed E-state index contributed by atoms with van der Waals surface area (Å²) < 4.78 is 1.61. The number of pyridine rings is 1. The summed E-state index contributed by atoms with van der Waals surface area (Å²) in [6.07, 6.45) is 1.84. The average molecular weight is 287 g/mol. The zero-order valence-electron chi connectivity index (χ0n) is 13.6. The van der Waals surface area contributed by atoms with Gasteiger partial charge in [-0.1, -0.05) is 26.8 Å². The first-order valence-electron chi connectivity index (χ1n) is 7.65. The molecule has 0 radical (unpaired) electrons. The third-order valence-corrected chi connectivity index (χ3v) is 4.17. The number of hydrogen-bond acceptors (Lipinski definition) is 3. The number of aryl methyl sites for hydroxylation is 1. The van der Waals surface area contributed by atoms with E-state index in [4.69, 9.17) is 0 Å². The van der Waals surface area contributed by atoms with E-state index in [2.05, 4.69) is 37.6 Å². The van der Waals surface area contributed by atoms with Crippen molar-refractivity contribution in [1.29, 1.82) is 0 Å². The minimum absolute atomic E-state index is 0.00745. The number of rotatable bonds is 5. The molecular weight excluding hydrogens is 262 g/mol. The first-order valence-corrected chi connectivity index (χ1v) is 7.65. The fraction of sp³-hybridized carbons (Fsp3) is 0.529. The molecule has 0 aromatic carbocycles. The van der Waals surface area contributed by atoms with E-state index < -0.39 is 0 Å². The fourth-order valence-corrected chi connectivity index (χ4v) is 2.51. The van der Waals surface area contributed by atoms with E-state index in [9.17, 15) is 4.79 Å². The number of hydrogen-bond donors (Lipinski definition) is 0. The van der Waals surface area contributed by atoms with Crippen LogP contribution in [0.3, 0.4) is 0 Å². The molecule has 2 aromatic heterocycles. The summed E-state index contributed by atoms with van der Waals surface area (Å²) in [6, 6.07) is 6.01. The molecule has 114 valence electrons. The van der Waals surface area contributed by atoms with Gasteiger partial charge in [0.15, 0.2) is 0 Å². The zero-order chi connectivity index (χ0) is 15.6. The van der Waals surface area contributed by atoms with Gasteiger partial charge in [0, 0.05) is 24.8 Å². The Labute approximate surface area is 126 Å². The predicted octanol–water partition coefficient (Wildman–Crippen LogP) is 2.87. The van der Waals surface area contributed by atoms with Crippen molar-refractivity contribution in [3.8, 4) is 0 Å². The minimum atomic E-state index is -0.00745. The van der Waals surface area contributed by atoms with Crippen molar-refractivity contribution in [1.82, 2.24) is 14.3 Å². The van der Waals surface area contributed by atoms with Gasteiger partial charge in [0.05, 0.1) is 5.69 Å². The molecule has 0 N–H and O–H groups in total. The van der Waals surface area contributed by atoms with Crippen molar-refractivity contribution in [2.75, 3.05) is 6.54 Å². The van der Waals surface area contributed by atoms with Crippen LogP contribution in [0.25, 0.3) is 5.65 Å². The molecule has 2 heterocycles. The van der Waals surface area contributed by atoms with Crippen LogP contribution in [0.2, 0.25) is 0 Å². The van der Waals surface area contributed by atoms with Crippen molar-refractivity contribution in [3.05, 3.63) is 46.0 Å². The summed E-state index contributed by atoms with van der Waals surface area (Å²) in [5.74, 6) is 0.578. The molecule has 1 unspecified atom stereocenters. The zero-order valence-corrected chi connectivity index (χ0v) is 13.6. The summed E-state index contributed by atoms with van der Waals surface area (Å²) in [7, 11) is 0. The number of aromatic nitrogens is 2. The molecule has 0 bridgehead atoms. The lowest BCUT2D eigenvalue weighted by atomic mass is 10.0. The van der Waals surface area contributed by atoms with Gasteiger partial charge < -0.3 is 0 Å². The average Bonchev–Trinajstić information content (AvgIpc) is 2.44. The summed E-state index contributed by atoms with van der Waals surface area (Å²) >= 11 is 0. The maximum atomic E-state index is 12.2. The van der Waals surface area contributed by atoms with Crippen LogP contribution >= 0.6 is 0 Å². The topological polar surface area (TPSA) is 37.6 Å². The van der Waals surface area contributed by atoms with E-state index in [1.807, 2.05) is 25.3 Å². The lowest BCUT2D eigenvalue weighted by molar-refractivity contribution is 0.167. The van der Waals surface area contributed by atoms with E-state index in [-0.39, 0.29) is 5.56 Å². The van der Waals surface area contributed by atoms with Gasteiger partial charge in [-0.05, 0) is 37.9 Å². The van der Waals surface area contributed by atoms with Gasteiger partial charge in [-0.15, -0.1) is 0 Å². The molecule has 0 aliphatic rings. The largest absolute Gasteiger partial charge is 0.295 e. The quantitative estimate of drug-likeness (QED) is 0.848. The van der Waals surface area contributed by atoms with Crippen LogP contribution in [0.5, 0.6) is 0 Å². The fourth-order valence-electron chi connectivity index (χ4n) is 2.51. The van der Waals surface area contributed by atoms with Gasteiger partial charge in [0.25, 0.3) is 5.56 Å². The molecule has 0 aliphatic heterocycles. The Morgan fingerprint density at radius 2 is 2.00 bits per heavy atom. The maximum absolute atomic E-state index is 12.2. The van der Waals surface area contributed by atoms with Crippen LogP contribution in [-0.4, -0.2) is 26.9 Å². The van der Waals surface area contributed by atoms with E-state index in [0.29, 0.717) is 12.0 Å². The molecule has 0 amide bonds. The summed E-state index contributed by atoms with van der Waals surface area (Å²) in [5.41, 5.74) is 2.62. The highest BCUT2D eigenvalue weighted by atomic mass is 16.1. The minimum Gasteiger partial charge on any atom is -0.295 e. The molecule has 2 aromatic rings. The van der Waals surface area contributed by atoms with Crippen LogP contribution in [-0.2, 0) is 6.54 Å². The van der Waals surface area contributed by atoms with E-state index in [1.165, 1.54) is 0 Å². The smallest absolute Gasteiger partial charge is 0.258 e. The second kappa shape index (κ2) is 6.39. The van der Waals surface area contributed by atoms with Crippen molar-refractivity contribution >= 4 is 5.65 Å². The highest BCUT2D eigenvalue weighted by molar-refractivity contribution is 5.39. The first-order chi connectivity index (χ1) is 9.92. The highest BCUT2D eigenvalue weighted by Gasteiger charge is 2.16. The SMILES string of the molecule is CCN(Cc1cc(=O)n2cc(C)ccc2n1)C(C)C(C)C. The second-order valence-corrected chi connectivity index (χ2v) is 6.07. The van der Waals surface area contributed by atoms with Gasteiger partial charge >= 0.3 is 0 Å². The lowest BCUT2D eigenvalue weighted by Crippen LogP contribution is -2.36. The normalized spacial score (nSPS) is 13.3.